The van der Waals surface area contributed by atoms with Crippen LogP contribution in [0.1, 0.15) is 66.8 Å². The number of rotatable bonds is 18. The lowest BCUT2D eigenvalue weighted by molar-refractivity contribution is 0.269. The number of aliphatic hydroxyl groups is 2. The Morgan fingerprint density at radius 1 is 0.418 bits per heavy atom. The van der Waals surface area contributed by atoms with Crippen LogP contribution in [0.15, 0.2) is 209 Å². The first kappa shape index (κ1) is 68.7. The van der Waals surface area contributed by atoms with E-state index in [1.807, 2.05) is 111 Å². The lowest BCUT2D eigenvalue weighted by Gasteiger charge is -2.13. The Bertz CT molecular complexity index is 6430. The van der Waals surface area contributed by atoms with E-state index < -0.39 is 0 Å². The molecule has 0 bridgehead atoms. The minimum absolute atomic E-state index is 0.0229. The van der Waals surface area contributed by atoms with Crippen molar-refractivity contribution in [3.8, 4) is 45.0 Å². The number of pyridine rings is 4. The number of aryl methyl sites for hydroxylation is 2. The SMILES string of the molecule is CNCc1ccc2ccc(Cn3nnc4ncc(-c5cnn(C)c5)nc43)cn12.C[C@@H](c1ccn2nccc2c1)n1nnc2ncc(-c3cnn(CCO)c3)nc21.C[C@H](c1ccc2cccn2c1)n1nnc2ncc(-c3cnn(C)c3)nc21.C[C@H](c1ccn2cccc2c1)n1nnc2ncc(-c3cnn(CCO)c3)nc21. The standard InChI is InChI=1S/C19H19N9.C19H18N8O.C18H17N9O.C18H16N8/c1-20-8-16-6-5-15-4-3-13(10-27(15)16)11-28-19-18(24-25-28)21-9-17(23-19)14-7-22-26(2)12-14;1-13(14-4-6-25-5-2-3-16(25)9-14)27-19-18(23-24-27)20-11-17(22-19)15-10-21-26(12-15)7-8-28;1-12(13-3-5-26-15(8-13)2-4-20-26)27-18-17(23-24-27)19-10-16(22-18)14-9-21-25(11-14)6-7-28;1-12(13-5-6-15-4-3-7-25(15)11-13)26-18-17(22-23-26)19-9-16(21-18)14-8-20-24(2)10-14/h3-7,9-10,12,20H,8,11H2,1-2H3;2-6,9-13,28H,7-8H2,1H3;2-5,8-12,28H,6-7H2,1H3;3-12H,1-2H3/t;13-;2*12-/m.101/s1. The van der Waals surface area contributed by atoms with Crippen LogP contribution < -0.4 is 5.32 Å². The molecule has 0 aromatic carbocycles. The predicted molar refractivity (Wildman–Crippen MR) is 404 cm³/mol. The van der Waals surface area contributed by atoms with Crippen molar-refractivity contribution in [2.75, 3.05) is 20.3 Å². The zero-order valence-electron chi connectivity index (χ0n) is 60.3. The fourth-order valence-electron chi connectivity index (χ4n) is 13.0. The van der Waals surface area contributed by atoms with Crippen LogP contribution in [0.4, 0.5) is 0 Å². The lowest BCUT2D eigenvalue weighted by atomic mass is 10.1. The third kappa shape index (κ3) is 13.8. The molecule has 20 heterocycles. The molecule has 0 saturated carbocycles. The molecular formula is C74H70N34O2. The molecule has 3 atom stereocenters. The van der Waals surface area contributed by atoms with Crippen LogP contribution in [-0.4, -0.2) is 192 Å². The second-order valence-corrected chi connectivity index (χ2v) is 26.2. The Hall–Kier alpha value is -14.4. The van der Waals surface area contributed by atoms with Crippen LogP contribution in [0.2, 0.25) is 0 Å². The van der Waals surface area contributed by atoms with Gasteiger partial charge in [0.05, 0.1) is 129 Å². The molecule has 0 amide bonds. The van der Waals surface area contributed by atoms with Crippen LogP contribution in [0.25, 0.3) is 112 Å². The van der Waals surface area contributed by atoms with Crippen LogP contribution in [-0.2, 0) is 40.3 Å². The molecule has 548 valence electrons. The van der Waals surface area contributed by atoms with Gasteiger partial charge in [-0.1, -0.05) is 33.0 Å². The van der Waals surface area contributed by atoms with Gasteiger partial charge in [-0.3, -0.25) is 18.7 Å². The van der Waals surface area contributed by atoms with Gasteiger partial charge in [0.15, 0.2) is 22.6 Å². The van der Waals surface area contributed by atoms with Crippen molar-refractivity contribution in [1.29, 1.82) is 0 Å². The number of nitrogens with zero attached hydrogens (tertiary/aromatic N) is 33. The van der Waals surface area contributed by atoms with Gasteiger partial charge in [0, 0.05) is 133 Å². The second-order valence-electron chi connectivity index (χ2n) is 26.2. The Morgan fingerprint density at radius 2 is 0.909 bits per heavy atom. The molecule has 36 nitrogen and oxygen atoms in total. The summed E-state index contributed by atoms with van der Waals surface area (Å²) in [6.07, 6.45) is 35.2. The van der Waals surface area contributed by atoms with Crippen molar-refractivity contribution in [1.82, 2.24) is 167 Å². The van der Waals surface area contributed by atoms with Gasteiger partial charge >= 0.3 is 0 Å². The largest absolute Gasteiger partial charge is 0.394 e. The summed E-state index contributed by atoms with van der Waals surface area (Å²) in [5.74, 6) is 0. The number of nitrogens with one attached hydrogen (secondary N) is 1. The highest BCUT2D eigenvalue weighted by atomic mass is 16.3. The number of hydrogen-bond acceptors (Lipinski definition) is 24. The van der Waals surface area contributed by atoms with Gasteiger partial charge in [0.2, 0.25) is 22.6 Å². The Kier molecular flexibility index (Phi) is 18.4. The zero-order valence-corrected chi connectivity index (χ0v) is 60.3. The number of fused-ring (bicyclic) bond motifs is 8. The first-order chi connectivity index (χ1) is 53.8. The Morgan fingerprint density at radius 3 is 1.47 bits per heavy atom. The molecule has 36 heteroatoms. The molecule has 0 saturated heterocycles. The first-order valence-corrected chi connectivity index (χ1v) is 35.2. The van der Waals surface area contributed by atoms with Gasteiger partial charge in [0.25, 0.3) is 0 Å². The van der Waals surface area contributed by atoms with E-state index >= 15 is 0 Å². The predicted octanol–water partition coefficient (Wildman–Crippen LogP) is 7.40. The fraction of sp³-hybridized carbons (Fsp3) is 0.203. The normalized spacial score (nSPS) is 12.5. The summed E-state index contributed by atoms with van der Waals surface area (Å²) >= 11 is 0. The van der Waals surface area contributed by atoms with Gasteiger partial charge in [-0.25, -0.2) is 63.1 Å². The molecule has 20 rings (SSSR count). The summed E-state index contributed by atoms with van der Waals surface area (Å²) in [6, 6.07) is 30.9. The number of hydrogen-bond donors (Lipinski definition) is 3. The van der Waals surface area contributed by atoms with Crippen molar-refractivity contribution >= 4 is 67.2 Å². The zero-order chi connectivity index (χ0) is 74.9. The van der Waals surface area contributed by atoms with Gasteiger partial charge in [-0.2, -0.15) is 25.5 Å². The van der Waals surface area contributed by atoms with Gasteiger partial charge in [-0.15, -0.1) is 20.4 Å². The minimum Gasteiger partial charge on any atom is -0.394 e. The third-order valence-corrected chi connectivity index (χ3v) is 18.9. The van der Waals surface area contributed by atoms with Gasteiger partial charge in [0.1, 0.15) is 0 Å². The molecule has 0 unspecified atom stereocenters. The van der Waals surface area contributed by atoms with Crippen molar-refractivity contribution in [2.24, 2.45) is 14.1 Å². The van der Waals surface area contributed by atoms with Crippen molar-refractivity contribution < 1.29 is 10.2 Å². The maximum Gasteiger partial charge on any atom is 0.221 e. The second kappa shape index (κ2) is 29.5. The summed E-state index contributed by atoms with van der Waals surface area (Å²) < 4.78 is 22.1. The minimum atomic E-state index is -0.0773. The maximum atomic E-state index is 9.06. The molecule has 0 aliphatic heterocycles. The molecule has 0 fully saturated rings. The van der Waals surface area contributed by atoms with Crippen LogP contribution in [0, 0.1) is 0 Å². The van der Waals surface area contributed by atoms with E-state index in [-0.39, 0.29) is 31.3 Å². The van der Waals surface area contributed by atoms with Crippen molar-refractivity contribution in [2.45, 2.75) is 65.1 Å². The smallest absolute Gasteiger partial charge is 0.221 e. The molecule has 0 radical (unpaired) electrons. The van der Waals surface area contributed by atoms with Crippen molar-refractivity contribution in [3.63, 3.8) is 0 Å². The molecule has 0 spiro atoms. The molecular weight excluding hydrogens is 1400 g/mol. The molecule has 110 heavy (non-hydrogen) atoms. The quantitative estimate of drug-likeness (QED) is 0.0753. The van der Waals surface area contributed by atoms with Crippen LogP contribution in [0.5, 0.6) is 0 Å². The van der Waals surface area contributed by atoms with E-state index in [9.17, 15) is 0 Å². The van der Waals surface area contributed by atoms with E-state index in [0.29, 0.717) is 76.2 Å². The van der Waals surface area contributed by atoms with E-state index in [0.717, 1.165) is 84.5 Å². The highest BCUT2D eigenvalue weighted by Gasteiger charge is 2.22. The van der Waals surface area contributed by atoms with E-state index in [4.69, 9.17) is 30.1 Å². The van der Waals surface area contributed by atoms with Gasteiger partial charge in [-0.05, 0) is 129 Å². The number of aliphatic hydroxyl groups excluding tert-OH is 2. The van der Waals surface area contributed by atoms with Crippen LogP contribution in [0.3, 0.4) is 0 Å². The summed E-state index contributed by atoms with van der Waals surface area (Å²) in [6.45, 7) is 8.50. The molecule has 0 aliphatic carbocycles. The Balaban J connectivity index is 0.000000107. The number of aromatic nitrogens is 33. The van der Waals surface area contributed by atoms with Crippen molar-refractivity contribution in [3.05, 3.63) is 237 Å². The maximum absolute atomic E-state index is 9.06. The average Bonchev–Trinajstić information content (AvgIpc) is 1.65. The Labute approximate surface area is 622 Å². The summed E-state index contributed by atoms with van der Waals surface area (Å²) in [5.41, 5.74) is 21.0. The topological polar surface area (TPSA) is 380 Å². The van der Waals surface area contributed by atoms with E-state index in [2.05, 4.69) is 198 Å². The van der Waals surface area contributed by atoms with E-state index in [1.54, 1.807) is 88.5 Å². The monoisotopic (exact) mass is 1470 g/mol. The average molecular weight is 1470 g/mol. The highest BCUT2D eigenvalue weighted by Crippen LogP contribution is 2.29. The summed E-state index contributed by atoms with van der Waals surface area (Å²) in [5, 5.41) is 76.2. The van der Waals surface area contributed by atoms with Gasteiger partial charge < -0.3 is 28.7 Å². The van der Waals surface area contributed by atoms with Crippen LogP contribution >= 0.6 is 0 Å². The molecule has 3 N–H and O–H groups in total. The third-order valence-electron chi connectivity index (χ3n) is 18.9. The molecule has 20 aromatic rings. The first-order valence-electron chi connectivity index (χ1n) is 35.2. The van der Waals surface area contributed by atoms with E-state index in [1.165, 1.54) is 5.69 Å². The lowest BCUT2D eigenvalue weighted by Crippen LogP contribution is -2.10. The fourth-order valence-corrected chi connectivity index (χ4v) is 13.0. The summed E-state index contributed by atoms with van der Waals surface area (Å²) in [4.78, 5) is 36.5. The highest BCUT2D eigenvalue weighted by molar-refractivity contribution is 5.73. The molecule has 0 aliphatic rings. The summed E-state index contributed by atoms with van der Waals surface area (Å²) in [7, 11) is 5.70. The molecule has 20 aromatic heterocycles.